The van der Waals surface area contributed by atoms with Gasteiger partial charge in [0.05, 0.1) is 6.10 Å². The molecular weight excluding hydrogens is 262 g/mol. The van der Waals surface area contributed by atoms with Crippen molar-refractivity contribution in [2.45, 2.75) is 25.0 Å². The maximum Gasteiger partial charge on any atom is 0.326 e. The quantitative estimate of drug-likeness (QED) is 0.731. The van der Waals surface area contributed by atoms with Crippen LogP contribution in [0.4, 0.5) is 4.79 Å². The Labute approximate surface area is 118 Å². The molecule has 20 heavy (non-hydrogen) atoms. The van der Waals surface area contributed by atoms with E-state index >= 15 is 0 Å². The van der Waals surface area contributed by atoms with Gasteiger partial charge in [-0.25, -0.2) is 9.59 Å². The Hall–Kier alpha value is -1.34. The molecule has 2 heterocycles. The molecule has 0 aromatic carbocycles. The van der Waals surface area contributed by atoms with Gasteiger partial charge >= 0.3 is 12.0 Å². The van der Waals surface area contributed by atoms with Crippen molar-refractivity contribution in [1.29, 1.82) is 0 Å². The third-order valence-electron chi connectivity index (χ3n) is 4.16. The molecule has 2 aliphatic heterocycles. The Bertz CT molecular complexity index is 390. The fourth-order valence-corrected chi connectivity index (χ4v) is 3.12. The summed E-state index contributed by atoms with van der Waals surface area (Å²) >= 11 is 0. The van der Waals surface area contributed by atoms with Gasteiger partial charge in [-0.3, -0.25) is 0 Å². The van der Waals surface area contributed by atoms with Gasteiger partial charge in [-0.05, 0) is 25.9 Å². The number of carbonyl (C=O) groups excluding carboxylic acids is 1. The second kappa shape index (κ2) is 5.97. The van der Waals surface area contributed by atoms with Gasteiger partial charge in [-0.1, -0.05) is 0 Å². The lowest BCUT2D eigenvalue weighted by Gasteiger charge is -2.29. The molecule has 0 spiro atoms. The minimum absolute atomic E-state index is 0.102. The number of likely N-dealkylation sites (tertiary alicyclic amines) is 2. The summed E-state index contributed by atoms with van der Waals surface area (Å²) in [6.07, 6.45) is 0.422. The molecule has 0 aliphatic carbocycles. The van der Waals surface area contributed by atoms with E-state index in [2.05, 4.69) is 11.9 Å². The number of aliphatic carboxylic acids is 1. The highest BCUT2D eigenvalue weighted by Gasteiger charge is 2.40. The van der Waals surface area contributed by atoms with Crippen LogP contribution in [0.25, 0.3) is 0 Å². The normalized spacial score (nSPS) is 30.8. The molecule has 2 aliphatic rings. The monoisotopic (exact) mass is 285 g/mol. The number of carbonyl (C=O) groups is 2. The second-order valence-electron chi connectivity index (χ2n) is 5.98. The second-order valence-corrected chi connectivity index (χ2v) is 5.98. The molecule has 7 heteroatoms. The zero-order valence-electron chi connectivity index (χ0n) is 12.0. The highest BCUT2D eigenvalue weighted by Crippen LogP contribution is 2.21. The van der Waals surface area contributed by atoms with Crippen LogP contribution in [0.5, 0.6) is 0 Å². The fraction of sp³-hybridized carbons (Fsp3) is 0.846. The molecule has 2 amide bonds. The predicted octanol–water partition coefficient (Wildman–Crippen LogP) is -0.490. The largest absolute Gasteiger partial charge is 0.480 e. The first-order chi connectivity index (χ1) is 9.38. The van der Waals surface area contributed by atoms with Gasteiger partial charge in [0.15, 0.2) is 0 Å². The van der Waals surface area contributed by atoms with Crippen molar-refractivity contribution < 1.29 is 19.8 Å². The van der Waals surface area contributed by atoms with Crippen molar-refractivity contribution in [1.82, 2.24) is 14.7 Å². The van der Waals surface area contributed by atoms with Gasteiger partial charge in [0.25, 0.3) is 0 Å². The van der Waals surface area contributed by atoms with E-state index in [0.717, 1.165) is 19.5 Å². The Kier molecular flexibility index (Phi) is 4.49. The molecule has 2 saturated heterocycles. The van der Waals surface area contributed by atoms with Crippen LogP contribution >= 0.6 is 0 Å². The van der Waals surface area contributed by atoms with Crippen LogP contribution in [0.15, 0.2) is 0 Å². The minimum atomic E-state index is -1.05. The highest BCUT2D eigenvalue weighted by molar-refractivity contribution is 5.83. The third kappa shape index (κ3) is 3.21. The van der Waals surface area contributed by atoms with E-state index in [4.69, 9.17) is 5.11 Å². The van der Waals surface area contributed by atoms with E-state index in [0.29, 0.717) is 12.5 Å². The number of aliphatic hydroxyl groups excluding tert-OH is 1. The number of aliphatic hydroxyl groups is 1. The average Bonchev–Trinajstić information content (AvgIpc) is 2.94. The molecule has 7 nitrogen and oxygen atoms in total. The molecule has 2 fully saturated rings. The first kappa shape index (κ1) is 15.1. The highest BCUT2D eigenvalue weighted by atomic mass is 16.4. The number of carboxylic acids is 1. The number of amides is 2. The van der Waals surface area contributed by atoms with E-state index in [1.165, 1.54) is 4.90 Å². The number of rotatable bonds is 3. The van der Waals surface area contributed by atoms with Crippen molar-refractivity contribution in [2.24, 2.45) is 5.92 Å². The van der Waals surface area contributed by atoms with Crippen LogP contribution in [-0.2, 0) is 4.79 Å². The van der Waals surface area contributed by atoms with Crippen molar-refractivity contribution in [3.8, 4) is 0 Å². The van der Waals surface area contributed by atoms with Crippen molar-refractivity contribution in [2.75, 3.05) is 40.3 Å². The summed E-state index contributed by atoms with van der Waals surface area (Å²) in [5, 5.41) is 18.7. The van der Waals surface area contributed by atoms with E-state index in [9.17, 15) is 14.7 Å². The molecule has 2 N–H and O–H groups in total. The van der Waals surface area contributed by atoms with E-state index in [-0.39, 0.29) is 19.0 Å². The van der Waals surface area contributed by atoms with Crippen LogP contribution in [0.3, 0.4) is 0 Å². The molecular formula is C13H23N3O4. The number of nitrogens with zero attached hydrogens (tertiary/aromatic N) is 3. The van der Waals surface area contributed by atoms with Crippen LogP contribution in [0, 0.1) is 5.92 Å². The van der Waals surface area contributed by atoms with E-state index < -0.39 is 18.1 Å². The fourth-order valence-electron chi connectivity index (χ4n) is 3.12. The zero-order valence-corrected chi connectivity index (χ0v) is 12.0. The van der Waals surface area contributed by atoms with Crippen molar-refractivity contribution in [3.05, 3.63) is 0 Å². The minimum Gasteiger partial charge on any atom is -0.480 e. The Morgan fingerprint density at radius 3 is 2.60 bits per heavy atom. The molecule has 0 radical (unpaired) electrons. The summed E-state index contributed by atoms with van der Waals surface area (Å²) in [4.78, 5) is 28.6. The lowest BCUT2D eigenvalue weighted by molar-refractivity contribution is -0.141. The van der Waals surface area contributed by atoms with Gasteiger partial charge in [-0.2, -0.15) is 0 Å². The third-order valence-corrected chi connectivity index (χ3v) is 4.16. The molecule has 0 aromatic heterocycles. The van der Waals surface area contributed by atoms with Gasteiger partial charge in [0.1, 0.15) is 6.04 Å². The predicted molar refractivity (Wildman–Crippen MR) is 72.4 cm³/mol. The number of hydrogen-bond donors (Lipinski definition) is 2. The topological polar surface area (TPSA) is 84.3 Å². The summed E-state index contributed by atoms with van der Waals surface area (Å²) in [6.45, 7) is 2.72. The lowest BCUT2D eigenvalue weighted by atomic mass is 10.1. The van der Waals surface area contributed by atoms with Gasteiger partial charge in [-0.15, -0.1) is 0 Å². The summed E-state index contributed by atoms with van der Waals surface area (Å²) in [6, 6.07) is -1.21. The Morgan fingerprint density at radius 1 is 1.35 bits per heavy atom. The summed E-state index contributed by atoms with van der Waals surface area (Å²) < 4.78 is 0. The molecule has 0 saturated carbocycles. The number of hydrogen-bond acceptors (Lipinski definition) is 4. The summed E-state index contributed by atoms with van der Waals surface area (Å²) in [5.41, 5.74) is 0. The summed E-state index contributed by atoms with van der Waals surface area (Å²) in [7, 11) is 3.75. The van der Waals surface area contributed by atoms with Gasteiger partial charge in [0.2, 0.25) is 0 Å². The SMILES string of the molecule is CN1CCC(CN(C)C(=O)N2C[C@H](O)C[C@H]2C(=O)O)C1. The maximum absolute atomic E-state index is 12.3. The molecule has 2 rings (SSSR count). The number of urea groups is 1. The first-order valence-corrected chi connectivity index (χ1v) is 6.99. The average molecular weight is 285 g/mol. The smallest absolute Gasteiger partial charge is 0.326 e. The van der Waals surface area contributed by atoms with Crippen LogP contribution in [-0.4, -0.2) is 89.3 Å². The summed E-state index contributed by atoms with van der Waals surface area (Å²) in [5.74, 6) is -0.617. The first-order valence-electron chi connectivity index (χ1n) is 6.99. The standard InChI is InChI=1S/C13H23N3O4/c1-14-4-3-9(6-14)7-15(2)13(20)16-8-10(17)5-11(16)12(18)19/h9-11,17H,3-8H2,1-2H3,(H,18,19)/t9?,10-,11+/m1/s1. The Balaban J connectivity index is 1.93. The maximum atomic E-state index is 12.3. The van der Waals surface area contributed by atoms with Gasteiger partial charge in [0, 0.05) is 33.1 Å². The Morgan fingerprint density at radius 2 is 2.05 bits per heavy atom. The molecule has 114 valence electrons. The van der Waals surface area contributed by atoms with Crippen LogP contribution in [0.2, 0.25) is 0 Å². The molecule has 1 unspecified atom stereocenters. The van der Waals surface area contributed by atoms with Crippen molar-refractivity contribution >= 4 is 12.0 Å². The number of β-amino-alcohol motifs (C(OH)–C–C–N with tert-alkyl or cyclic N) is 1. The van der Waals surface area contributed by atoms with Crippen LogP contribution < -0.4 is 0 Å². The van der Waals surface area contributed by atoms with E-state index in [1.807, 2.05) is 0 Å². The van der Waals surface area contributed by atoms with Gasteiger partial charge < -0.3 is 24.9 Å². The number of carboxylic acid groups (broad SMARTS) is 1. The molecule has 0 bridgehead atoms. The lowest BCUT2D eigenvalue weighted by Crippen LogP contribution is -2.48. The molecule has 3 atom stereocenters. The van der Waals surface area contributed by atoms with E-state index in [1.54, 1.807) is 11.9 Å². The molecule has 0 aromatic rings. The van der Waals surface area contributed by atoms with Crippen LogP contribution in [0.1, 0.15) is 12.8 Å². The zero-order chi connectivity index (χ0) is 14.9. The van der Waals surface area contributed by atoms with Crippen molar-refractivity contribution in [3.63, 3.8) is 0 Å².